The Morgan fingerprint density at radius 3 is 2.06 bits per heavy atom. The first kappa shape index (κ1) is 32.5. The fourth-order valence-electron chi connectivity index (χ4n) is 7.02. The lowest BCUT2D eigenvalue weighted by atomic mass is 9.77. The van der Waals surface area contributed by atoms with Gasteiger partial charge in [-0.25, -0.2) is 9.37 Å². The third kappa shape index (κ3) is 6.51. The van der Waals surface area contributed by atoms with Crippen LogP contribution in [-0.4, -0.2) is 29.3 Å². The second-order valence-corrected chi connectivity index (χ2v) is 13.9. The van der Waals surface area contributed by atoms with Gasteiger partial charge in [0.2, 0.25) is 0 Å². The van der Waals surface area contributed by atoms with E-state index in [-0.39, 0.29) is 5.82 Å². The van der Waals surface area contributed by atoms with Crippen molar-refractivity contribution in [3.05, 3.63) is 197 Å². The maximum Gasteiger partial charge on any atom is 0.196 e. The van der Waals surface area contributed by atoms with Crippen LogP contribution in [0.1, 0.15) is 45.8 Å². The molecule has 0 amide bonds. The average molecular weight is 689 g/mol. The highest BCUT2D eigenvalue weighted by molar-refractivity contribution is 7.99. The molecule has 0 aliphatic rings. The summed E-state index contributed by atoms with van der Waals surface area (Å²) in [5.41, 5.74) is 6.96. The van der Waals surface area contributed by atoms with Crippen molar-refractivity contribution in [2.24, 2.45) is 0 Å². The normalized spacial score (nSPS) is 11.7. The van der Waals surface area contributed by atoms with Crippen molar-refractivity contribution in [1.29, 1.82) is 0 Å². The number of hydrogen-bond donors (Lipinski definition) is 1. The third-order valence-corrected chi connectivity index (χ3v) is 10.5. The highest BCUT2D eigenvalue weighted by Gasteiger charge is 2.38. The van der Waals surface area contributed by atoms with Gasteiger partial charge in [-0.1, -0.05) is 109 Å². The monoisotopic (exact) mass is 688 g/mol. The Labute approximate surface area is 301 Å². The van der Waals surface area contributed by atoms with Gasteiger partial charge in [-0.05, 0) is 84.1 Å². The Morgan fingerprint density at radius 2 is 1.41 bits per heavy atom. The number of imidazole rings is 1. The summed E-state index contributed by atoms with van der Waals surface area (Å²) in [7, 11) is 0. The first-order chi connectivity index (χ1) is 25.1. The number of H-pyrrole nitrogens is 1. The second-order valence-electron chi connectivity index (χ2n) is 12.8. The molecule has 0 aliphatic heterocycles. The van der Waals surface area contributed by atoms with Crippen LogP contribution >= 0.6 is 11.8 Å². The number of aromatic amines is 1. The second kappa shape index (κ2) is 14.2. The first-order valence-electron chi connectivity index (χ1n) is 17.2. The van der Waals surface area contributed by atoms with Gasteiger partial charge in [-0.2, -0.15) is 0 Å². The molecule has 8 heteroatoms. The molecule has 51 heavy (non-hydrogen) atoms. The molecular formula is C43H37FN6S. The molecule has 3 aromatic heterocycles. The van der Waals surface area contributed by atoms with E-state index < -0.39 is 5.54 Å². The average Bonchev–Trinajstić information content (AvgIpc) is 3.91. The number of aromatic nitrogens is 6. The van der Waals surface area contributed by atoms with E-state index >= 15 is 0 Å². The van der Waals surface area contributed by atoms with Crippen molar-refractivity contribution in [2.45, 2.75) is 48.3 Å². The SMILES string of the molecule is Cc1ccc(Sc2nnc(Cc3c[nH]c4cc(F)ccc34)n2CCCc2cn(C(c3ccccc3)(c3ccccc3)c3ccccc3)cn2)cc1. The summed E-state index contributed by atoms with van der Waals surface area (Å²) < 4.78 is 18.4. The first-order valence-corrected chi connectivity index (χ1v) is 18.0. The minimum Gasteiger partial charge on any atom is -0.361 e. The van der Waals surface area contributed by atoms with E-state index in [0.717, 1.165) is 57.4 Å². The van der Waals surface area contributed by atoms with E-state index in [9.17, 15) is 4.39 Å². The summed E-state index contributed by atoms with van der Waals surface area (Å²) in [5.74, 6) is 0.614. The van der Waals surface area contributed by atoms with Gasteiger partial charge in [0.05, 0.1) is 12.0 Å². The molecule has 3 heterocycles. The van der Waals surface area contributed by atoms with E-state index in [0.29, 0.717) is 6.42 Å². The van der Waals surface area contributed by atoms with Crippen LogP contribution in [0.25, 0.3) is 10.9 Å². The highest BCUT2D eigenvalue weighted by atomic mass is 32.2. The number of benzene rings is 5. The molecule has 0 aliphatic carbocycles. The van der Waals surface area contributed by atoms with Crippen molar-refractivity contribution in [3.8, 4) is 0 Å². The Morgan fingerprint density at radius 1 is 0.765 bits per heavy atom. The zero-order valence-corrected chi connectivity index (χ0v) is 29.1. The molecule has 0 saturated heterocycles. The maximum atomic E-state index is 13.9. The lowest BCUT2D eigenvalue weighted by Gasteiger charge is -2.37. The topological polar surface area (TPSA) is 64.3 Å². The summed E-state index contributed by atoms with van der Waals surface area (Å²) in [4.78, 5) is 9.32. The van der Waals surface area contributed by atoms with Crippen LogP contribution in [0.15, 0.2) is 162 Å². The molecule has 0 saturated carbocycles. The van der Waals surface area contributed by atoms with Crippen LogP contribution in [0, 0.1) is 12.7 Å². The summed E-state index contributed by atoms with van der Waals surface area (Å²) in [6, 6.07) is 45.3. The fourth-order valence-corrected chi connectivity index (χ4v) is 7.89. The van der Waals surface area contributed by atoms with Gasteiger partial charge in [0.15, 0.2) is 5.16 Å². The van der Waals surface area contributed by atoms with Gasteiger partial charge in [0.1, 0.15) is 17.2 Å². The van der Waals surface area contributed by atoms with E-state index in [1.165, 1.54) is 34.4 Å². The molecule has 0 atom stereocenters. The van der Waals surface area contributed by atoms with Gasteiger partial charge in [-0.3, -0.25) is 0 Å². The Bertz CT molecular complexity index is 2270. The molecule has 0 radical (unpaired) electrons. The van der Waals surface area contributed by atoms with Gasteiger partial charge in [0.25, 0.3) is 0 Å². The summed E-state index contributed by atoms with van der Waals surface area (Å²) >= 11 is 1.62. The number of nitrogens with one attached hydrogen (secondary N) is 1. The predicted molar refractivity (Wildman–Crippen MR) is 202 cm³/mol. The Hall–Kier alpha value is -5.73. The lowest BCUT2D eigenvalue weighted by molar-refractivity contribution is 0.513. The van der Waals surface area contributed by atoms with Crippen LogP contribution in [-0.2, 0) is 24.9 Å². The van der Waals surface area contributed by atoms with Gasteiger partial charge >= 0.3 is 0 Å². The molecule has 252 valence electrons. The van der Waals surface area contributed by atoms with Crippen LogP contribution in [0.5, 0.6) is 0 Å². The van der Waals surface area contributed by atoms with Crippen molar-refractivity contribution in [1.82, 2.24) is 29.3 Å². The zero-order chi connectivity index (χ0) is 34.6. The van der Waals surface area contributed by atoms with Crippen molar-refractivity contribution >= 4 is 22.7 Å². The lowest BCUT2D eigenvalue weighted by Crippen LogP contribution is -2.36. The third-order valence-electron chi connectivity index (χ3n) is 9.51. The molecule has 8 aromatic rings. The number of hydrogen-bond acceptors (Lipinski definition) is 4. The minimum absolute atomic E-state index is 0.258. The predicted octanol–water partition coefficient (Wildman–Crippen LogP) is 9.62. The number of rotatable bonds is 12. The van der Waals surface area contributed by atoms with E-state index in [2.05, 4.69) is 153 Å². The molecule has 6 nitrogen and oxygen atoms in total. The molecule has 0 spiro atoms. The maximum absolute atomic E-state index is 13.9. The minimum atomic E-state index is -0.601. The highest BCUT2D eigenvalue weighted by Crippen LogP contribution is 2.41. The Kier molecular flexibility index (Phi) is 9.07. The van der Waals surface area contributed by atoms with Crippen LogP contribution in [0.3, 0.4) is 0 Å². The molecule has 8 rings (SSSR count). The number of nitrogens with zero attached hydrogens (tertiary/aromatic N) is 5. The molecule has 1 N–H and O–H groups in total. The molecule has 0 unspecified atom stereocenters. The zero-order valence-electron chi connectivity index (χ0n) is 28.3. The fraction of sp³-hybridized carbons (Fsp3) is 0.140. The van der Waals surface area contributed by atoms with Crippen LogP contribution in [0.2, 0.25) is 0 Å². The number of halogens is 1. The van der Waals surface area contributed by atoms with Gasteiger partial charge in [-0.15, -0.1) is 10.2 Å². The summed E-state index contributed by atoms with van der Waals surface area (Å²) in [5, 5.41) is 11.2. The summed E-state index contributed by atoms with van der Waals surface area (Å²) in [6.07, 6.45) is 8.33. The van der Waals surface area contributed by atoms with E-state index in [1.807, 2.05) is 18.6 Å². The standard InChI is InChI=1S/C43H37FN6S/c1-31-19-22-38(23-20-31)51-42-48-47-41(26-32-28-45-40-27-36(44)21-24-39(32)40)50(42)25-11-18-37-29-49(30-46-37)43(33-12-5-2-6-13-33,34-14-7-3-8-15-34)35-16-9-4-10-17-35/h2-10,12-17,19-24,27-30,45H,11,18,25-26H2,1H3. The van der Waals surface area contributed by atoms with Gasteiger partial charge in [0, 0.05) is 41.2 Å². The van der Waals surface area contributed by atoms with E-state index in [4.69, 9.17) is 4.98 Å². The molecule has 5 aromatic carbocycles. The number of aryl methyl sites for hydroxylation is 2. The van der Waals surface area contributed by atoms with Crippen molar-refractivity contribution < 1.29 is 4.39 Å². The smallest absolute Gasteiger partial charge is 0.196 e. The van der Waals surface area contributed by atoms with Crippen molar-refractivity contribution in [2.75, 3.05) is 0 Å². The summed E-state index contributed by atoms with van der Waals surface area (Å²) in [6.45, 7) is 2.81. The van der Waals surface area contributed by atoms with Crippen LogP contribution < -0.4 is 0 Å². The van der Waals surface area contributed by atoms with Crippen molar-refractivity contribution in [3.63, 3.8) is 0 Å². The van der Waals surface area contributed by atoms with Crippen LogP contribution in [0.4, 0.5) is 4.39 Å². The molecule has 0 fully saturated rings. The number of fused-ring (bicyclic) bond motifs is 1. The molecule has 0 bridgehead atoms. The largest absolute Gasteiger partial charge is 0.361 e. The molecular weight excluding hydrogens is 652 g/mol. The van der Waals surface area contributed by atoms with E-state index in [1.54, 1.807) is 11.8 Å². The quantitative estimate of drug-likeness (QED) is 0.130. The Balaban J connectivity index is 1.10. The van der Waals surface area contributed by atoms with Gasteiger partial charge < -0.3 is 14.1 Å².